The highest BCUT2D eigenvalue weighted by Gasteiger charge is 2.25. The summed E-state index contributed by atoms with van der Waals surface area (Å²) in [5.41, 5.74) is 1.26. The van der Waals surface area contributed by atoms with Gasteiger partial charge in [0.25, 0.3) is 0 Å². The number of hydrogen-bond donors (Lipinski definition) is 0. The Labute approximate surface area is 118 Å². The Morgan fingerprint density at radius 1 is 0.950 bits per heavy atom. The molecule has 3 nitrogen and oxygen atoms in total. The predicted octanol–water partition coefficient (Wildman–Crippen LogP) is 3.17. The van der Waals surface area contributed by atoms with Crippen LogP contribution < -0.4 is 0 Å². The highest BCUT2D eigenvalue weighted by Crippen LogP contribution is 2.21. The lowest BCUT2D eigenvalue weighted by molar-refractivity contribution is 0.104. The van der Waals surface area contributed by atoms with Gasteiger partial charge < -0.3 is 0 Å². The molecule has 4 heteroatoms. The van der Waals surface area contributed by atoms with Crippen molar-refractivity contribution in [3.8, 4) is 0 Å². The molecule has 20 heavy (non-hydrogen) atoms. The molecule has 0 aliphatic carbocycles. The van der Waals surface area contributed by atoms with Crippen LogP contribution in [0.15, 0.2) is 71.0 Å². The van der Waals surface area contributed by atoms with Crippen LogP contribution in [0.5, 0.6) is 0 Å². The molecule has 0 fully saturated rings. The van der Waals surface area contributed by atoms with Gasteiger partial charge in [-0.2, -0.15) is 0 Å². The van der Waals surface area contributed by atoms with Gasteiger partial charge in [-0.1, -0.05) is 54.6 Å². The van der Waals surface area contributed by atoms with E-state index in [2.05, 4.69) is 6.58 Å². The Kier molecular flexibility index (Phi) is 3.86. The van der Waals surface area contributed by atoms with Crippen molar-refractivity contribution in [1.29, 1.82) is 0 Å². The Balaban J connectivity index is 2.37. The Morgan fingerprint density at radius 2 is 1.50 bits per heavy atom. The van der Waals surface area contributed by atoms with Gasteiger partial charge in [0, 0.05) is 5.56 Å². The highest BCUT2D eigenvalue weighted by atomic mass is 32.2. The van der Waals surface area contributed by atoms with Gasteiger partial charge in [-0.25, -0.2) is 8.42 Å². The van der Waals surface area contributed by atoms with Crippen molar-refractivity contribution >= 4 is 15.6 Å². The smallest absolute Gasteiger partial charge is 0.209 e. The third kappa shape index (κ3) is 2.70. The number of Topliss-reactive ketones (excluding diaryl/α,β-unsaturated/α-hetero) is 1. The number of aryl methyl sites for hydroxylation is 1. The number of ketones is 1. The van der Waals surface area contributed by atoms with Gasteiger partial charge in [-0.15, -0.1) is 0 Å². The molecule has 0 heterocycles. The summed E-state index contributed by atoms with van der Waals surface area (Å²) in [6.07, 6.45) is 0. The van der Waals surface area contributed by atoms with E-state index >= 15 is 0 Å². The van der Waals surface area contributed by atoms with E-state index in [1.54, 1.807) is 42.5 Å². The van der Waals surface area contributed by atoms with Gasteiger partial charge in [0.1, 0.15) is 4.91 Å². The Bertz CT molecular complexity index is 742. The molecule has 102 valence electrons. The van der Waals surface area contributed by atoms with Crippen LogP contribution >= 0.6 is 0 Å². The molecule has 2 aromatic rings. The van der Waals surface area contributed by atoms with Crippen molar-refractivity contribution in [2.75, 3.05) is 0 Å². The second-order valence-corrected chi connectivity index (χ2v) is 6.41. The summed E-state index contributed by atoms with van der Waals surface area (Å²) in [4.78, 5) is 11.8. The van der Waals surface area contributed by atoms with Crippen LogP contribution in [0.3, 0.4) is 0 Å². The number of carbonyl (C=O) groups excluding carboxylic acids is 1. The summed E-state index contributed by atoms with van der Waals surface area (Å²) >= 11 is 0. The van der Waals surface area contributed by atoms with E-state index in [0.29, 0.717) is 5.56 Å². The van der Waals surface area contributed by atoms with Crippen LogP contribution in [-0.2, 0) is 9.84 Å². The third-order valence-corrected chi connectivity index (χ3v) is 4.67. The van der Waals surface area contributed by atoms with Crippen LogP contribution in [0.4, 0.5) is 0 Å². The predicted molar refractivity (Wildman–Crippen MR) is 78.3 cm³/mol. The first-order valence-corrected chi connectivity index (χ1v) is 7.51. The van der Waals surface area contributed by atoms with Crippen molar-refractivity contribution < 1.29 is 13.2 Å². The molecule has 2 rings (SSSR count). The minimum Gasteiger partial charge on any atom is -0.288 e. The van der Waals surface area contributed by atoms with Gasteiger partial charge in [0.2, 0.25) is 15.6 Å². The van der Waals surface area contributed by atoms with E-state index in [9.17, 15) is 13.2 Å². The summed E-state index contributed by atoms with van der Waals surface area (Å²) in [5.74, 6) is -0.578. The zero-order valence-corrected chi connectivity index (χ0v) is 11.9. The van der Waals surface area contributed by atoms with Crippen LogP contribution in [0.1, 0.15) is 15.9 Å². The van der Waals surface area contributed by atoms with Crippen LogP contribution in [0.25, 0.3) is 0 Å². The summed E-state index contributed by atoms with van der Waals surface area (Å²) in [7, 11) is -3.85. The van der Waals surface area contributed by atoms with Crippen molar-refractivity contribution in [3.63, 3.8) is 0 Å². The van der Waals surface area contributed by atoms with Gasteiger partial charge >= 0.3 is 0 Å². The average molecular weight is 286 g/mol. The first-order valence-electron chi connectivity index (χ1n) is 6.03. The van der Waals surface area contributed by atoms with E-state index in [-0.39, 0.29) is 4.90 Å². The molecular formula is C16H14O3S. The maximum Gasteiger partial charge on any atom is 0.209 e. The molecule has 0 unspecified atom stereocenters. The Hall–Kier alpha value is -2.20. The molecule has 0 saturated heterocycles. The van der Waals surface area contributed by atoms with E-state index in [1.807, 2.05) is 6.92 Å². The fourth-order valence-electron chi connectivity index (χ4n) is 1.73. The fourth-order valence-corrected chi connectivity index (χ4v) is 2.87. The topological polar surface area (TPSA) is 51.2 Å². The maximum absolute atomic E-state index is 12.3. The van der Waals surface area contributed by atoms with E-state index in [1.165, 1.54) is 12.1 Å². The molecule has 0 radical (unpaired) electrons. The normalized spacial score (nSPS) is 11.1. The number of sulfone groups is 1. The number of benzene rings is 2. The van der Waals surface area contributed by atoms with Crippen LogP contribution in [-0.4, -0.2) is 14.2 Å². The number of rotatable bonds is 4. The third-order valence-electron chi connectivity index (χ3n) is 2.94. The first-order chi connectivity index (χ1) is 9.43. The van der Waals surface area contributed by atoms with Crippen molar-refractivity contribution in [2.45, 2.75) is 11.8 Å². The van der Waals surface area contributed by atoms with Gasteiger partial charge in [-0.3, -0.25) is 4.79 Å². The molecule has 0 saturated carbocycles. The number of carbonyl (C=O) groups is 1. The SMILES string of the molecule is C=C(C(=O)c1ccccc1)S(=O)(=O)c1ccc(C)cc1. The summed E-state index contributed by atoms with van der Waals surface area (Å²) in [5, 5.41) is 0. The minimum atomic E-state index is -3.85. The molecule has 0 amide bonds. The monoisotopic (exact) mass is 286 g/mol. The molecule has 0 bridgehead atoms. The van der Waals surface area contributed by atoms with E-state index in [4.69, 9.17) is 0 Å². The molecule has 0 aromatic heterocycles. The molecule has 0 N–H and O–H groups in total. The van der Waals surface area contributed by atoms with Gasteiger partial charge in [0.05, 0.1) is 4.90 Å². The number of allylic oxidation sites excluding steroid dienone is 1. The zero-order valence-electron chi connectivity index (χ0n) is 11.0. The lowest BCUT2D eigenvalue weighted by Crippen LogP contribution is -2.13. The minimum absolute atomic E-state index is 0.0809. The van der Waals surface area contributed by atoms with Gasteiger partial charge in [-0.05, 0) is 19.1 Å². The lowest BCUT2D eigenvalue weighted by atomic mass is 10.1. The summed E-state index contributed by atoms with van der Waals surface area (Å²) in [6, 6.07) is 14.6. The highest BCUT2D eigenvalue weighted by molar-refractivity contribution is 7.96. The second kappa shape index (κ2) is 5.43. The molecule has 0 aliphatic rings. The second-order valence-electron chi connectivity index (χ2n) is 4.43. The van der Waals surface area contributed by atoms with Crippen molar-refractivity contribution in [2.24, 2.45) is 0 Å². The van der Waals surface area contributed by atoms with Crippen LogP contribution in [0, 0.1) is 6.92 Å². The zero-order chi connectivity index (χ0) is 14.8. The number of hydrogen-bond acceptors (Lipinski definition) is 3. The fraction of sp³-hybridized carbons (Fsp3) is 0.0625. The van der Waals surface area contributed by atoms with E-state index < -0.39 is 20.5 Å². The van der Waals surface area contributed by atoms with Crippen molar-refractivity contribution in [1.82, 2.24) is 0 Å². The van der Waals surface area contributed by atoms with Crippen molar-refractivity contribution in [3.05, 3.63) is 77.2 Å². The maximum atomic E-state index is 12.3. The quantitative estimate of drug-likeness (QED) is 0.641. The largest absolute Gasteiger partial charge is 0.288 e. The standard InChI is InChI=1S/C16H14O3S/c1-12-8-10-15(11-9-12)20(18,19)13(2)16(17)14-6-4-3-5-7-14/h3-11H,2H2,1H3. The summed E-state index contributed by atoms with van der Waals surface area (Å²) in [6.45, 7) is 5.33. The molecule has 2 aromatic carbocycles. The molecule has 0 aliphatic heterocycles. The average Bonchev–Trinajstić information content (AvgIpc) is 2.47. The lowest BCUT2D eigenvalue weighted by Gasteiger charge is -2.07. The molecule has 0 spiro atoms. The molecular weight excluding hydrogens is 272 g/mol. The molecule has 0 atom stereocenters. The summed E-state index contributed by atoms with van der Waals surface area (Å²) < 4.78 is 24.7. The van der Waals surface area contributed by atoms with Crippen LogP contribution in [0.2, 0.25) is 0 Å². The Morgan fingerprint density at radius 3 is 2.05 bits per heavy atom. The van der Waals surface area contributed by atoms with Gasteiger partial charge in [0.15, 0.2) is 0 Å². The van der Waals surface area contributed by atoms with E-state index in [0.717, 1.165) is 5.56 Å². The first kappa shape index (κ1) is 14.2.